The van der Waals surface area contributed by atoms with Crippen LogP contribution >= 0.6 is 0 Å². The lowest BCUT2D eigenvalue weighted by molar-refractivity contribution is 0.599. The summed E-state index contributed by atoms with van der Waals surface area (Å²) in [5.74, 6) is 0.339. The molecule has 0 amide bonds. The molecule has 1 aromatic heterocycles. The molecule has 1 heterocycles. The first-order chi connectivity index (χ1) is 9.33. The molecule has 20 heavy (non-hydrogen) atoms. The lowest BCUT2D eigenvalue weighted by atomic mass is 10.1. The summed E-state index contributed by atoms with van der Waals surface area (Å²) in [6.07, 6.45) is 1.74. The normalized spacial score (nSPS) is 11.6. The van der Waals surface area contributed by atoms with Gasteiger partial charge in [0.1, 0.15) is 0 Å². The summed E-state index contributed by atoms with van der Waals surface area (Å²) in [6.45, 7) is 8.20. The van der Waals surface area contributed by atoms with E-state index in [0.717, 1.165) is 16.7 Å². The van der Waals surface area contributed by atoms with E-state index in [-0.39, 0.29) is 0 Å². The van der Waals surface area contributed by atoms with Gasteiger partial charge in [-0.05, 0) is 38.8 Å². The number of aromatic nitrogens is 2. The van der Waals surface area contributed by atoms with E-state index in [4.69, 9.17) is 0 Å². The quantitative estimate of drug-likeness (QED) is 0.942. The van der Waals surface area contributed by atoms with Gasteiger partial charge in [-0.25, -0.2) is 8.42 Å². The van der Waals surface area contributed by atoms with Crippen molar-refractivity contribution < 1.29 is 8.42 Å². The van der Waals surface area contributed by atoms with E-state index in [0.29, 0.717) is 17.3 Å². The fraction of sp³-hybridized carbons (Fsp3) is 0.357. The van der Waals surface area contributed by atoms with Crippen molar-refractivity contribution in [3.63, 3.8) is 0 Å². The van der Waals surface area contributed by atoms with E-state index >= 15 is 0 Å². The zero-order chi connectivity index (χ0) is 14.9. The molecule has 0 unspecified atom stereocenters. The Morgan fingerprint density at radius 3 is 2.30 bits per heavy atom. The van der Waals surface area contributed by atoms with E-state index in [1.54, 1.807) is 30.8 Å². The molecule has 0 spiro atoms. The topological polar surface area (TPSA) is 64.0 Å². The number of hydrogen-bond acceptors (Lipinski definition) is 3. The lowest BCUT2D eigenvalue weighted by Gasteiger charge is -2.12. The summed E-state index contributed by atoms with van der Waals surface area (Å²) in [4.78, 5) is 0.328. The van der Waals surface area contributed by atoms with E-state index in [1.165, 1.54) is 0 Å². The number of aryl methyl sites for hydroxylation is 4. The molecule has 0 bridgehead atoms. The second-order valence-electron chi connectivity index (χ2n) is 4.89. The summed E-state index contributed by atoms with van der Waals surface area (Å²) in [5.41, 5.74) is 2.53. The Morgan fingerprint density at radius 2 is 1.80 bits per heavy atom. The first kappa shape index (κ1) is 14.6. The van der Waals surface area contributed by atoms with Gasteiger partial charge in [-0.15, -0.1) is 0 Å². The Labute approximate surface area is 119 Å². The molecule has 5 nitrogen and oxygen atoms in total. The zero-order valence-electron chi connectivity index (χ0n) is 12.1. The number of nitrogens with zero attached hydrogens (tertiary/aromatic N) is 2. The van der Waals surface area contributed by atoms with Crippen LogP contribution in [-0.4, -0.2) is 18.2 Å². The molecule has 108 valence electrons. The average Bonchev–Trinajstić information content (AvgIpc) is 2.73. The molecule has 0 saturated carbocycles. The third-order valence-corrected chi connectivity index (χ3v) is 4.74. The van der Waals surface area contributed by atoms with Gasteiger partial charge in [0, 0.05) is 18.8 Å². The molecule has 0 atom stereocenters. The maximum absolute atomic E-state index is 12.5. The van der Waals surface area contributed by atoms with E-state index in [2.05, 4.69) is 9.82 Å². The van der Waals surface area contributed by atoms with Crippen molar-refractivity contribution in [2.75, 3.05) is 4.72 Å². The van der Waals surface area contributed by atoms with Gasteiger partial charge in [-0.3, -0.25) is 9.40 Å². The maximum atomic E-state index is 12.5. The lowest BCUT2D eigenvalue weighted by Crippen LogP contribution is -2.16. The summed E-state index contributed by atoms with van der Waals surface area (Å²) in [6, 6.07) is 5.39. The van der Waals surface area contributed by atoms with Crippen LogP contribution in [0.5, 0.6) is 0 Å². The number of nitrogens with one attached hydrogen (secondary N) is 1. The molecule has 0 aliphatic carbocycles. The SMILES string of the molecule is CCn1ccc(NS(=O)(=O)c2c(C)cc(C)cc2C)n1. The number of rotatable bonds is 4. The standard InChI is InChI=1S/C14H19N3O2S/c1-5-17-7-6-13(15-17)16-20(18,19)14-11(3)8-10(2)9-12(14)4/h6-9H,5H2,1-4H3,(H,15,16). The molecular formula is C14H19N3O2S. The molecule has 2 aromatic rings. The van der Waals surface area contributed by atoms with Gasteiger partial charge in [-0.2, -0.15) is 5.10 Å². The van der Waals surface area contributed by atoms with E-state index in [9.17, 15) is 8.42 Å². The first-order valence-electron chi connectivity index (χ1n) is 6.47. The fourth-order valence-corrected chi connectivity index (χ4v) is 3.82. The molecule has 0 aliphatic rings. The Bertz CT molecular complexity index is 710. The monoisotopic (exact) mass is 293 g/mol. The molecular weight excluding hydrogens is 274 g/mol. The molecule has 1 aromatic carbocycles. The summed E-state index contributed by atoms with van der Waals surface area (Å²) in [7, 11) is -3.61. The summed E-state index contributed by atoms with van der Waals surface area (Å²) < 4.78 is 29.2. The number of benzene rings is 1. The Balaban J connectivity index is 2.40. The van der Waals surface area contributed by atoms with Crippen LogP contribution < -0.4 is 4.72 Å². The predicted molar refractivity (Wildman–Crippen MR) is 79.4 cm³/mol. The highest BCUT2D eigenvalue weighted by Gasteiger charge is 2.20. The minimum Gasteiger partial charge on any atom is -0.271 e. The molecule has 0 fully saturated rings. The second-order valence-corrected chi connectivity index (χ2v) is 6.51. The second kappa shape index (κ2) is 5.28. The number of hydrogen-bond donors (Lipinski definition) is 1. The van der Waals surface area contributed by atoms with Gasteiger partial charge < -0.3 is 0 Å². The first-order valence-corrected chi connectivity index (χ1v) is 7.96. The predicted octanol–water partition coefficient (Wildman–Crippen LogP) is 2.63. The average molecular weight is 293 g/mol. The van der Waals surface area contributed by atoms with Crippen molar-refractivity contribution in [1.82, 2.24) is 9.78 Å². The van der Waals surface area contributed by atoms with Crippen LogP contribution in [0.15, 0.2) is 29.3 Å². The summed E-state index contributed by atoms with van der Waals surface area (Å²) >= 11 is 0. The molecule has 0 radical (unpaired) electrons. The van der Waals surface area contributed by atoms with Crippen LogP contribution in [0.1, 0.15) is 23.6 Å². The molecule has 2 rings (SSSR count). The van der Waals surface area contributed by atoms with Gasteiger partial charge in [-0.1, -0.05) is 17.7 Å². The van der Waals surface area contributed by atoms with Crippen LogP contribution in [-0.2, 0) is 16.6 Å². The van der Waals surface area contributed by atoms with Gasteiger partial charge in [0.2, 0.25) is 0 Å². The van der Waals surface area contributed by atoms with E-state index < -0.39 is 10.0 Å². The highest BCUT2D eigenvalue weighted by atomic mass is 32.2. The van der Waals surface area contributed by atoms with Crippen LogP contribution in [0.2, 0.25) is 0 Å². The van der Waals surface area contributed by atoms with Crippen LogP contribution in [0.3, 0.4) is 0 Å². The number of sulfonamides is 1. The van der Waals surface area contributed by atoms with Crippen molar-refractivity contribution in [2.24, 2.45) is 0 Å². The zero-order valence-corrected chi connectivity index (χ0v) is 13.0. The van der Waals surface area contributed by atoms with Crippen molar-refractivity contribution >= 4 is 15.8 Å². The largest absolute Gasteiger partial charge is 0.271 e. The van der Waals surface area contributed by atoms with Crippen LogP contribution in [0.4, 0.5) is 5.82 Å². The van der Waals surface area contributed by atoms with Gasteiger partial charge in [0.15, 0.2) is 5.82 Å². The maximum Gasteiger partial charge on any atom is 0.263 e. The van der Waals surface area contributed by atoms with Gasteiger partial charge >= 0.3 is 0 Å². The summed E-state index contributed by atoms with van der Waals surface area (Å²) in [5, 5.41) is 4.14. The van der Waals surface area contributed by atoms with Crippen molar-refractivity contribution in [3.05, 3.63) is 41.1 Å². The molecule has 0 saturated heterocycles. The molecule has 6 heteroatoms. The minimum absolute atomic E-state index is 0.328. The van der Waals surface area contributed by atoms with Crippen LogP contribution in [0.25, 0.3) is 0 Å². The van der Waals surface area contributed by atoms with Crippen LogP contribution in [0, 0.1) is 20.8 Å². The smallest absolute Gasteiger partial charge is 0.263 e. The Hall–Kier alpha value is -1.82. The van der Waals surface area contributed by atoms with Crippen molar-refractivity contribution in [2.45, 2.75) is 39.1 Å². The van der Waals surface area contributed by atoms with Crippen molar-refractivity contribution in [1.29, 1.82) is 0 Å². The molecule has 0 aliphatic heterocycles. The van der Waals surface area contributed by atoms with Gasteiger partial charge in [0.05, 0.1) is 4.90 Å². The molecule has 1 N–H and O–H groups in total. The fourth-order valence-electron chi connectivity index (χ4n) is 2.37. The number of anilines is 1. The Kier molecular flexibility index (Phi) is 3.85. The van der Waals surface area contributed by atoms with Crippen molar-refractivity contribution in [3.8, 4) is 0 Å². The highest BCUT2D eigenvalue weighted by molar-refractivity contribution is 7.92. The van der Waals surface area contributed by atoms with E-state index in [1.807, 2.05) is 26.0 Å². The highest BCUT2D eigenvalue weighted by Crippen LogP contribution is 2.23. The third-order valence-electron chi connectivity index (χ3n) is 3.08. The third kappa shape index (κ3) is 2.85. The minimum atomic E-state index is -3.61. The van der Waals surface area contributed by atoms with Gasteiger partial charge in [0.25, 0.3) is 10.0 Å². The Morgan fingerprint density at radius 1 is 1.20 bits per heavy atom.